The molecule has 1 heterocycles. The highest BCUT2D eigenvalue weighted by molar-refractivity contribution is 7.19. The van der Waals surface area contributed by atoms with Gasteiger partial charge in [0.2, 0.25) is 0 Å². The highest BCUT2D eigenvalue weighted by Gasteiger charge is 2.06. The minimum Gasteiger partial charge on any atom is -0.396 e. The molecule has 25 heavy (non-hydrogen) atoms. The first kappa shape index (κ1) is 14.9. The lowest BCUT2D eigenvalue weighted by Gasteiger charge is -2.05. The van der Waals surface area contributed by atoms with Crippen LogP contribution in [-0.4, -0.2) is 11.7 Å². The van der Waals surface area contributed by atoms with E-state index in [9.17, 15) is 0 Å². The summed E-state index contributed by atoms with van der Waals surface area (Å²) in [5, 5.41) is 18.1. The van der Waals surface area contributed by atoms with Crippen LogP contribution >= 0.6 is 11.3 Å². The summed E-state index contributed by atoms with van der Waals surface area (Å²) in [6.07, 6.45) is 1.79. The zero-order chi connectivity index (χ0) is 16.8. The van der Waals surface area contributed by atoms with Crippen LogP contribution in [0.3, 0.4) is 0 Å². The fraction of sp³-hybridized carbons (Fsp3) is 0.130. The summed E-state index contributed by atoms with van der Waals surface area (Å²) in [5.41, 5.74) is 0. The van der Waals surface area contributed by atoms with Crippen LogP contribution in [0, 0.1) is 0 Å². The molecule has 4 aromatic carbocycles. The van der Waals surface area contributed by atoms with Gasteiger partial charge in [-0.2, -0.15) is 0 Å². The van der Waals surface area contributed by atoms with Crippen molar-refractivity contribution in [2.75, 3.05) is 6.61 Å². The molecule has 0 saturated carbocycles. The standard InChI is InChI=1S/C23H18OS/c24-7-3-6-22-13-21-12-19-10-17-8-15-4-1-2-5-16(15)9-18(17)11-20(19)14-23(21)25-22/h1-2,4-5,8-14,24H,3,6-7H2. The molecule has 2 heteroatoms. The number of thiophene rings is 1. The average molecular weight is 342 g/mol. The lowest BCUT2D eigenvalue weighted by molar-refractivity contribution is 0.289. The van der Waals surface area contributed by atoms with E-state index in [1.807, 2.05) is 11.3 Å². The van der Waals surface area contributed by atoms with Gasteiger partial charge in [-0.15, -0.1) is 11.3 Å². The van der Waals surface area contributed by atoms with Crippen LogP contribution in [-0.2, 0) is 6.42 Å². The van der Waals surface area contributed by atoms with Crippen molar-refractivity contribution in [3.63, 3.8) is 0 Å². The lowest BCUT2D eigenvalue weighted by Crippen LogP contribution is -1.84. The number of hydrogen-bond donors (Lipinski definition) is 1. The lowest BCUT2D eigenvalue weighted by atomic mass is 9.99. The van der Waals surface area contributed by atoms with Gasteiger partial charge in [0, 0.05) is 16.2 Å². The van der Waals surface area contributed by atoms with Crippen molar-refractivity contribution in [1.82, 2.24) is 0 Å². The molecule has 0 bridgehead atoms. The molecule has 0 amide bonds. The van der Waals surface area contributed by atoms with Crippen LogP contribution < -0.4 is 0 Å². The third kappa shape index (κ3) is 2.58. The summed E-state index contributed by atoms with van der Waals surface area (Å²) < 4.78 is 1.33. The average Bonchev–Trinajstić information content (AvgIpc) is 3.02. The second kappa shape index (κ2) is 5.83. The van der Waals surface area contributed by atoms with Crippen molar-refractivity contribution in [2.45, 2.75) is 12.8 Å². The summed E-state index contributed by atoms with van der Waals surface area (Å²) in [4.78, 5) is 1.36. The summed E-state index contributed by atoms with van der Waals surface area (Å²) in [6.45, 7) is 0.259. The minimum atomic E-state index is 0.259. The van der Waals surface area contributed by atoms with Crippen molar-refractivity contribution in [3.05, 3.63) is 71.6 Å². The van der Waals surface area contributed by atoms with Crippen LogP contribution in [0.1, 0.15) is 11.3 Å². The van der Waals surface area contributed by atoms with Crippen molar-refractivity contribution in [3.8, 4) is 0 Å². The molecule has 0 aliphatic rings. The zero-order valence-electron chi connectivity index (χ0n) is 13.8. The molecular weight excluding hydrogens is 324 g/mol. The molecule has 0 saturated heterocycles. The predicted molar refractivity (Wildman–Crippen MR) is 110 cm³/mol. The maximum Gasteiger partial charge on any atom is 0.0434 e. The largest absolute Gasteiger partial charge is 0.396 e. The number of fused-ring (bicyclic) bond motifs is 4. The minimum absolute atomic E-state index is 0.259. The van der Waals surface area contributed by atoms with E-state index in [4.69, 9.17) is 5.11 Å². The van der Waals surface area contributed by atoms with Gasteiger partial charge in [0.1, 0.15) is 0 Å². The number of benzene rings is 4. The van der Waals surface area contributed by atoms with Crippen LogP contribution in [0.15, 0.2) is 66.7 Å². The Hall–Kier alpha value is -2.42. The second-order valence-electron chi connectivity index (χ2n) is 6.68. The van der Waals surface area contributed by atoms with E-state index in [-0.39, 0.29) is 6.61 Å². The number of rotatable bonds is 3. The van der Waals surface area contributed by atoms with Gasteiger partial charge < -0.3 is 5.11 Å². The third-order valence-electron chi connectivity index (χ3n) is 4.93. The Morgan fingerprint density at radius 2 is 1.20 bits per heavy atom. The zero-order valence-corrected chi connectivity index (χ0v) is 14.6. The molecule has 1 nitrogen and oxygen atoms in total. The molecule has 0 atom stereocenters. The van der Waals surface area contributed by atoms with Gasteiger partial charge >= 0.3 is 0 Å². The van der Waals surface area contributed by atoms with E-state index in [1.165, 1.54) is 47.3 Å². The normalized spacial score (nSPS) is 11.9. The first-order valence-electron chi connectivity index (χ1n) is 8.70. The van der Waals surface area contributed by atoms with Crippen molar-refractivity contribution >= 4 is 53.7 Å². The van der Waals surface area contributed by atoms with Crippen LogP contribution in [0.25, 0.3) is 42.4 Å². The molecule has 0 aliphatic heterocycles. The fourth-order valence-corrected chi connectivity index (χ4v) is 4.80. The van der Waals surface area contributed by atoms with Gasteiger partial charge in [-0.25, -0.2) is 0 Å². The fourth-order valence-electron chi connectivity index (χ4n) is 3.66. The molecule has 0 aliphatic carbocycles. The quantitative estimate of drug-likeness (QED) is 0.382. The van der Waals surface area contributed by atoms with Crippen LogP contribution in [0.4, 0.5) is 0 Å². The molecular formula is C23H18OS. The molecule has 0 radical (unpaired) electrons. The Morgan fingerprint density at radius 3 is 1.84 bits per heavy atom. The summed E-state index contributed by atoms with van der Waals surface area (Å²) in [7, 11) is 0. The smallest absolute Gasteiger partial charge is 0.0434 e. The Morgan fingerprint density at radius 1 is 0.640 bits per heavy atom. The Labute approximate surface area is 150 Å². The first-order valence-corrected chi connectivity index (χ1v) is 9.51. The van der Waals surface area contributed by atoms with E-state index >= 15 is 0 Å². The van der Waals surface area contributed by atoms with Gasteiger partial charge in [-0.1, -0.05) is 24.3 Å². The topological polar surface area (TPSA) is 20.2 Å². The van der Waals surface area contributed by atoms with Crippen molar-refractivity contribution < 1.29 is 5.11 Å². The number of aryl methyl sites for hydroxylation is 1. The monoisotopic (exact) mass is 342 g/mol. The number of hydrogen-bond acceptors (Lipinski definition) is 2. The van der Waals surface area contributed by atoms with Crippen molar-refractivity contribution in [2.24, 2.45) is 0 Å². The first-order chi connectivity index (χ1) is 12.3. The maximum atomic E-state index is 9.05. The highest BCUT2D eigenvalue weighted by Crippen LogP contribution is 2.33. The Bertz CT molecular complexity index is 1140. The third-order valence-corrected chi connectivity index (χ3v) is 6.09. The van der Waals surface area contributed by atoms with E-state index in [0.29, 0.717) is 0 Å². The second-order valence-corrected chi connectivity index (χ2v) is 7.84. The number of aliphatic hydroxyl groups excluding tert-OH is 1. The molecule has 0 unspecified atom stereocenters. The predicted octanol–water partition coefficient (Wildman–Crippen LogP) is 6.29. The van der Waals surface area contributed by atoms with E-state index < -0.39 is 0 Å². The van der Waals surface area contributed by atoms with E-state index in [0.717, 1.165) is 12.8 Å². The Kier molecular flexibility index (Phi) is 3.47. The molecule has 1 N–H and O–H groups in total. The van der Waals surface area contributed by atoms with Gasteiger partial charge in [-0.3, -0.25) is 0 Å². The maximum absolute atomic E-state index is 9.05. The van der Waals surface area contributed by atoms with Gasteiger partial charge in [0.25, 0.3) is 0 Å². The molecule has 1 aromatic heterocycles. The molecule has 0 fully saturated rings. The van der Waals surface area contributed by atoms with Gasteiger partial charge in [0.05, 0.1) is 0 Å². The molecule has 5 rings (SSSR count). The Balaban J connectivity index is 1.73. The number of aliphatic hydroxyl groups is 1. The van der Waals surface area contributed by atoms with Crippen molar-refractivity contribution in [1.29, 1.82) is 0 Å². The molecule has 5 aromatic rings. The van der Waals surface area contributed by atoms with Crippen LogP contribution in [0.2, 0.25) is 0 Å². The van der Waals surface area contributed by atoms with Crippen LogP contribution in [0.5, 0.6) is 0 Å². The molecule has 0 spiro atoms. The summed E-state index contributed by atoms with van der Waals surface area (Å²) in [6, 6.07) is 24.6. The van der Waals surface area contributed by atoms with E-state index in [2.05, 4.69) is 66.7 Å². The summed E-state index contributed by atoms with van der Waals surface area (Å²) in [5.74, 6) is 0. The van der Waals surface area contributed by atoms with E-state index in [1.54, 1.807) is 0 Å². The molecule has 122 valence electrons. The highest BCUT2D eigenvalue weighted by atomic mass is 32.1. The SMILES string of the molecule is OCCCc1cc2cc3cc4cc5ccccc5cc4cc3cc2s1. The summed E-state index contributed by atoms with van der Waals surface area (Å²) >= 11 is 1.85. The van der Waals surface area contributed by atoms with Gasteiger partial charge in [0.15, 0.2) is 0 Å². The van der Waals surface area contributed by atoms with Gasteiger partial charge in [-0.05, 0) is 93.0 Å².